The fraction of sp³-hybridized carbons (Fsp3) is 0.524. The first-order valence-electron chi connectivity index (χ1n) is 9.36. The average Bonchev–Trinajstić information content (AvgIpc) is 3.18. The van der Waals surface area contributed by atoms with Gasteiger partial charge in [0.15, 0.2) is 0 Å². The van der Waals surface area contributed by atoms with Crippen LogP contribution in [-0.4, -0.2) is 44.4 Å². The summed E-state index contributed by atoms with van der Waals surface area (Å²) < 4.78 is 2.06. The van der Waals surface area contributed by atoms with Crippen molar-refractivity contribution in [3.8, 4) is 0 Å². The number of likely N-dealkylation sites (tertiary alicyclic amines) is 1. The number of rotatable bonds is 5. The molecule has 5 nitrogen and oxygen atoms in total. The minimum absolute atomic E-state index is 0.0862. The molecule has 3 rings (SSSR count). The van der Waals surface area contributed by atoms with Crippen LogP contribution in [0.25, 0.3) is 0 Å². The molecule has 1 aliphatic heterocycles. The van der Waals surface area contributed by atoms with Gasteiger partial charge in [0, 0.05) is 24.3 Å². The van der Waals surface area contributed by atoms with Gasteiger partial charge in [0.2, 0.25) is 0 Å². The number of carbonyl (C=O) groups excluding carboxylic acids is 1. The third-order valence-electron chi connectivity index (χ3n) is 5.07. The minimum Gasteiger partial charge on any atom is -0.390 e. The largest absolute Gasteiger partial charge is 0.390 e. The number of carbonyl (C=O) groups is 1. The smallest absolute Gasteiger partial charge is 0.253 e. The molecule has 0 saturated carbocycles. The summed E-state index contributed by atoms with van der Waals surface area (Å²) in [6.07, 6.45) is 2.45. The predicted octanol–water partition coefficient (Wildman–Crippen LogP) is 3.29. The van der Waals surface area contributed by atoms with E-state index in [-0.39, 0.29) is 11.9 Å². The highest BCUT2D eigenvalue weighted by molar-refractivity contribution is 5.94. The van der Waals surface area contributed by atoms with E-state index in [4.69, 9.17) is 0 Å². The van der Waals surface area contributed by atoms with E-state index in [1.54, 1.807) is 0 Å². The van der Waals surface area contributed by atoms with E-state index in [1.807, 2.05) is 49.9 Å². The topological polar surface area (TPSA) is 58.4 Å². The monoisotopic (exact) mass is 355 g/mol. The third kappa shape index (κ3) is 4.33. The molecule has 1 atom stereocenters. The van der Waals surface area contributed by atoms with Gasteiger partial charge in [-0.05, 0) is 70.7 Å². The molecule has 2 aromatic rings. The van der Waals surface area contributed by atoms with Gasteiger partial charge < -0.3 is 10.0 Å². The fourth-order valence-corrected chi connectivity index (χ4v) is 3.59. The van der Waals surface area contributed by atoms with Crippen molar-refractivity contribution in [2.45, 2.75) is 58.6 Å². The highest BCUT2D eigenvalue weighted by Gasteiger charge is 2.29. The van der Waals surface area contributed by atoms with E-state index in [0.29, 0.717) is 13.0 Å². The van der Waals surface area contributed by atoms with Crippen LogP contribution in [0.4, 0.5) is 0 Å². The maximum Gasteiger partial charge on any atom is 0.253 e. The summed E-state index contributed by atoms with van der Waals surface area (Å²) in [5.74, 6) is 0.0862. The van der Waals surface area contributed by atoms with E-state index in [1.165, 1.54) is 0 Å². The second kappa shape index (κ2) is 7.23. The Kier molecular flexibility index (Phi) is 5.19. The van der Waals surface area contributed by atoms with Gasteiger partial charge >= 0.3 is 0 Å². The first-order chi connectivity index (χ1) is 12.2. The summed E-state index contributed by atoms with van der Waals surface area (Å²) in [6.45, 7) is 9.18. The maximum absolute atomic E-state index is 12.8. The van der Waals surface area contributed by atoms with Crippen molar-refractivity contribution in [3.05, 3.63) is 52.8 Å². The molecule has 0 spiro atoms. The zero-order valence-corrected chi connectivity index (χ0v) is 16.2. The van der Waals surface area contributed by atoms with Crippen LogP contribution in [0.1, 0.15) is 60.0 Å². The molecule has 2 heterocycles. The van der Waals surface area contributed by atoms with Crippen LogP contribution in [0.15, 0.2) is 30.3 Å². The van der Waals surface area contributed by atoms with Crippen molar-refractivity contribution in [1.82, 2.24) is 14.7 Å². The average molecular weight is 355 g/mol. The van der Waals surface area contributed by atoms with Crippen molar-refractivity contribution < 1.29 is 9.90 Å². The first-order valence-corrected chi connectivity index (χ1v) is 9.36. The SMILES string of the molecule is Cc1cc(C)n(C2CCN(C(=O)c3ccc(CCC(C)(C)O)cc3)C2)n1. The molecule has 0 radical (unpaired) electrons. The Balaban J connectivity index is 1.62. The highest BCUT2D eigenvalue weighted by Crippen LogP contribution is 2.24. The quantitative estimate of drug-likeness (QED) is 0.895. The summed E-state index contributed by atoms with van der Waals surface area (Å²) in [5, 5.41) is 14.4. The molecule has 1 aromatic carbocycles. The molecule has 1 saturated heterocycles. The van der Waals surface area contributed by atoms with Crippen LogP contribution in [0, 0.1) is 13.8 Å². The lowest BCUT2D eigenvalue weighted by atomic mass is 9.98. The summed E-state index contributed by atoms with van der Waals surface area (Å²) in [4.78, 5) is 14.7. The van der Waals surface area contributed by atoms with Gasteiger partial charge in [-0.25, -0.2) is 0 Å². The number of aryl methyl sites for hydroxylation is 3. The lowest BCUT2D eigenvalue weighted by Crippen LogP contribution is -2.29. The van der Waals surface area contributed by atoms with Crippen LogP contribution in [0.2, 0.25) is 0 Å². The lowest BCUT2D eigenvalue weighted by molar-refractivity contribution is 0.0713. The van der Waals surface area contributed by atoms with Gasteiger partial charge in [-0.15, -0.1) is 0 Å². The summed E-state index contributed by atoms with van der Waals surface area (Å²) in [5.41, 5.74) is 3.38. The number of amides is 1. The Hall–Kier alpha value is -2.14. The molecule has 5 heteroatoms. The molecular weight excluding hydrogens is 326 g/mol. The van der Waals surface area contributed by atoms with Gasteiger partial charge in [-0.1, -0.05) is 12.1 Å². The summed E-state index contributed by atoms with van der Waals surface area (Å²) >= 11 is 0. The van der Waals surface area contributed by atoms with Crippen LogP contribution in [-0.2, 0) is 6.42 Å². The Morgan fingerprint density at radius 3 is 2.54 bits per heavy atom. The minimum atomic E-state index is -0.665. The molecule has 1 amide bonds. The van der Waals surface area contributed by atoms with Gasteiger partial charge in [0.05, 0.1) is 17.3 Å². The van der Waals surface area contributed by atoms with E-state index >= 15 is 0 Å². The predicted molar refractivity (Wildman–Crippen MR) is 102 cm³/mol. The number of aliphatic hydroxyl groups is 1. The van der Waals surface area contributed by atoms with Gasteiger partial charge in [-0.2, -0.15) is 5.10 Å². The number of hydrogen-bond acceptors (Lipinski definition) is 3. The molecule has 1 N–H and O–H groups in total. The fourth-order valence-electron chi connectivity index (χ4n) is 3.59. The number of nitrogens with zero attached hydrogens (tertiary/aromatic N) is 3. The number of aromatic nitrogens is 2. The van der Waals surface area contributed by atoms with Crippen molar-refractivity contribution in [2.24, 2.45) is 0 Å². The Morgan fingerprint density at radius 1 is 1.27 bits per heavy atom. The van der Waals surface area contributed by atoms with Crippen molar-refractivity contribution in [2.75, 3.05) is 13.1 Å². The van der Waals surface area contributed by atoms with Crippen molar-refractivity contribution in [3.63, 3.8) is 0 Å². The van der Waals surface area contributed by atoms with Gasteiger partial charge in [-0.3, -0.25) is 9.48 Å². The molecule has 0 bridgehead atoms. The molecule has 140 valence electrons. The van der Waals surface area contributed by atoms with E-state index in [2.05, 4.69) is 22.8 Å². The number of benzene rings is 1. The van der Waals surface area contributed by atoms with Gasteiger partial charge in [0.25, 0.3) is 5.91 Å². The molecule has 1 aliphatic rings. The van der Waals surface area contributed by atoms with Crippen LogP contribution in [0.5, 0.6) is 0 Å². The van der Waals surface area contributed by atoms with E-state index in [9.17, 15) is 9.90 Å². The van der Waals surface area contributed by atoms with Crippen LogP contribution < -0.4 is 0 Å². The maximum atomic E-state index is 12.8. The second-order valence-corrected chi connectivity index (χ2v) is 8.07. The molecule has 0 aliphatic carbocycles. The van der Waals surface area contributed by atoms with Gasteiger partial charge in [0.1, 0.15) is 0 Å². The molecular formula is C21H29N3O2. The zero-order valence-electron chi connectivity index (χ0n) is 16.2. The first kappa shape index (κ1) is 18.6. The molecule has 26 heavy (non-hydrogen) atoms. The Morgan fingerprint density at radius 2 is 1.96 bits per heavy atom. The number of hydrogen-bond donors (Lipinski definition) is 1. The zero-order chi connectivity index (χ0) is 18.9. The molecule has 1 fully saturated rings. The Labute approximate surface area is 155 Å². The third-order valence-corrected chi connectivity index (χ3v) is 5.07. The van der Waals surface area contributed by atoms with E-state index < -0.39 is 5.60 Å². The van der Waals surface area contributed by atoms with E-state index in [0.717, 1.165) is 41.9 Å². The lowest BCUT2D eigenvalue weighted by Gasteiger charge is -2.18. The molecule has 1 aromatic heterocycles. The highest BCUT2D eigenvalue weighted by atomic mass is 16.3. The summed E-state index contributed by atoms with van der Waals surface area (Å²) in [7, 11) is 0. The van der Waals surface area contributed by atoms with Crippen molar-refractivity contribution in [1.29, 1.82) is 0 Å². The summed E-state index contributed by atoms with van der Waals surface area (Å²) in [6, 6.07) is 10.1. The van der Waals surface area contributed by atoms with Crippen LogP contribution >= 0.6 is 0 Å². The van der Waals surface area contributed by atoms with Crippen molar-refractivity contribution >= 4 is 5.91 Å². The molecule has 1 unspecified atom stereocenters. The second-order valence-electron chi connectivity index (χ2n) is 8.07. The Bertz CT molecular complexity index is 772. The normalized spacial score (nSPS) is 17.7. The van der Waals surface area contributed by atoms with Crippen LogP contribution in [0.3, 0.4) is 0 Å². The standard InChI is InChI=1S/C21H29N3O2/c1-15-13-16(2)24(22-15)19-10-12-23(14-19)20(25)18-7-5-17(6-8-18)9-11-21(3,4)26/h5-8,13,19,26H,9-12,14H2,1-4H3.